The van der Waals surface area contributed by atoms with Crippen molar-refractivity contribution in [3.63, 3.8) is 0 Å². The predicted molar refractivity (Wildman–Crippen MR) is 117 cm³/mol. The molecule has 27 heavy (non-hydrogen) atoms. The van der Waals surface area contributed by atoms with E-state index in [9.17, 15) is 0 Å². The van der Waals surface area contributed by atoms with Gasteiger partial charge in [0, 0.05) is 28.0 Å². The Morgan fingerprint density at radius 3 is 2.67 bits per heavy atom. The van der Waals surface area contributed by atoms with E-state index in [0.717, 1.165) is 50.6 Å². The molecule has 2 N–H and O–H groups in total. The summed E-state index contributed by atoms with van der Waals surface area (Å²) in [5, 5.41) is 8.28. The standard InChI is InChI=1S/C21H21ClN4Si/c22-14-5-3-6-15(11-14)23-13-20-21(24-16-7-4-8-17(27)12-16)26-19-10-2-1-9-18(19)25-20/h1-10,12,14,23H,11,13H2,27H3,(H,24,26). The first kappa shape index (κ1) is 17.8. The number of anilines is 2. The summed E-state index contributed by atoms with van der Waals surface area (Å²) in [6, 6.07) is 16.4. The summed E-state index contributed by atoms with van der Waals surface area (Å²) in [6.45, 7) is 0.587. The van der Waals surface area contributed by atoms with Gasteiger partial charge in [-0.15, -0.1) is 11.6 Å². The Hall–Kier alpha value is -2.63. The summed E-state index contributed by atoms with van der Waals surface area (Å²) < 4.78 is 0. The second kappa shape index (κ2) is 7.94. The van der Waals surface area contributed by atoms with E-state index < -0.39 is 0 Å². The van der Waals surface area contributed by atoms with Crippen molar-refractivity contribution in [2.45, 2.75) is 18.3 Å². The monoisotopic (exact) mass is 392 g/mol. The largest absolute Gasteiger partial charge is 0.382 e. The summed E-state index contributed by atoms with van der Waals surface area (Å²) in [5.41, 5.74) is 4.80. The number of hydrogen-bond acceptors (Lipinski definition) is 4. The van der Waals surface area contributed by atoms with Crippen molar-refractivity contribution >= 4 is 49.6 Å². The van der Waals surface area contributed by atoms with E-state index >= 15 is 0 Å². The summed E-state index contributed by atoms with van der Waals surface area (Å²) in [6.07, 6.45) is 6.85. The van der Waals surface area contributed by atoms with Gasteiger partial charge in [-0.3, -0.25) is 0 Å². The molecule has 136 valence electrons. The maximum absolute atomic E-state index is 6.22. The average Bonchev–Trinajstić information content (AvgIpc) is 2.66. The number of nitrogens with zero attached hydrogens (tertiary/aromatic N) is 2. The molecule has 1 heterocycles. The quantitative estimate of drug-likeness (QED) is 0.517. The first-order valence-corrected chi connectivity index (χ1v) is 10.5. The number of rotatable bonds is 5. The molecule has 2 aromatic carbocycles. The third-order valence-electron chi connectivity index (χ3n) is 4.44. The number of para-hydroxylation sites is 2. The number of allylic oxidation sites excluding steroid dienone is 4. The number of fused-ring (bicyclic) bond motifs is 1. The molecule has 1 aromatic heterocycles. The second-order valence-corrected chi connectivity index (χ2v) is 8.37. The van der Waals surface area contributed by atoms with Crippen LogP contribution in [0.4, 0.5) is 11.5 Å². The van der Waals surface area contributed by atoms with Gasteiger partial charge in [-0.05, 0) is 30.3 Å². The highest BCUT2D eigenvalue weighted by Crippen LogP contribution is 2.22. The van der Waals surface area contributed by atoms with E-state index in [-0.39, 0.29) is 5.38 Å². The lowest BCUT2D eigenvalue weighted by Gasteiger charge is -2.17. The first-order chi connectivity index (χ1) is 13.2. The summed E-state index contributed by atoms with van der Waals surface area (Å²) in [7, 11) is 1.01. The molecule has 6 heteroatoms. The predicted octanol–water partition coefficient (Wildman–Crippen LogP) is 2.90. The molecule has 4 nitrogen and oxygen atoms in total. The molecule has 1 unspecified atom stereocenters. The fourth-order valence-corrected chi connectivity index (χ4v) is 3.84. The molecule has 1 aliphatic carbocycles. The zero-order chi connectivity index (χ0) is 18.6. The van der Waals surface area contributed by atoms with Gasteiger partial charge in [-0.1, -0.05) is 41.6 Å². The van der Waals surface area contributed by atoms with Crippen molar-refractivity contribution in [1.29, 1.82) is 0 Å². The van der Waals surface area contributed by atoms with E-state index in [0.29, 0.717) is 6.54 Å². The third kappa shape index (κ3) is 4.38. The number of alkyl halides is 1. The van der Waals surface area contributed by atoms with Crippen LogP contribution in [0.2, 0.25) is 0 Å². The molecular weight excluding hydrogens is 372 g/mol. The molecule has 4 rings (SSSR count). The van der Waals surface area contributed by atoms with Gasteiger partial charge in [0.25, 0.3) is 0 Å². The van der Waals surface area contributed by atoms with Crippen molar-refractivity contribution in [1.82, 2.24) is 15.3 Å². The average molecular weight is 393 g/mol. The molecule has 1 aliphatic rings. The maximum atomic E-state index is 6.22. The van der Waals surface area contributed by atoms with Crippen LogP contribution in [0.5, 0.6) is 0 Å². The van der Waals surface area contributed by atoms with Crippen molar-refractivity contribution < 1.29 is 0 Å². The number of halogens is 1. The molecule has 0 spiro atoms. The van der Waals surface area contributed by atoms with Crippen molar-refractivity contribution in [3.05, 3.63) is 78.1 Å². The van der Waals surface area contributed by atoms with Gasteiger partial charge in [-0.2, -0.15) is 0 Å². The minimum absolute atomic E-state index is 0.0363. The Morgan fingerprint density at radius 2 is 1.89 bits per heavy atom. The lowest BCUT2D eigenvalue weighted by atomic mass is 10.1. The van der Waals surface area contributed by atoms with Crippen LogP contribution in [0.15, 0.2) is 72.5 Å². The van der Waals surface area contributed by atoms with Crippen LogP contribution >= 0.6 is 11.6 Å². The van der Waals surface area contributed by atoms with Gasteiger partial charge < -0.3 is 10.6 Å². The summed E-state index contributed by atoms with van der Waals surface area (Å²) in [5.74, 6) is 0.780. The Labute approximate surface area is 166 Å². The van der Waals surface area contributed by atoms with Gasteiger partial charge >= 0.3 is 0 Å². The van der Waals surface area contributed by atoms with E-state index in [2.05, 4.69) is 41.0 Å². The lowest BCUT2D eigenvalue weighted by molar-refractivity contribution is 0.735. The molecule has 3 aromatic rings. The summed E-state index contributed by atoms with van der Waals surface area (Å²) >= 11 is 6.22. The second-order valence-electron chi connectivity index (χ2n) is 6.65. The van der Waals surface area contributed by atoms with E-state index in [4.69, 9.17) is 21.6 Å². The van der Waals surface area contributed by atoms with Gasteiger partial charge in [0.1, 0.15) is 5.69 Å². The number of benzene rings is 2. The van der Waals surface area contributed by atoms with E-state index in [1.807, 2.05) is 36.4 Å². The summed E-state index contributed by atoms with van der Waals surface area (Å²) in [4.78, 5) is 9.66. The molecular formula is C21H21ClN4Si. The van der Waals surface area contributed by atoms with Crippen LogP contribution in [0.3, 0.4) is 0 Å². The Morgan fingerprint density at radius 1 is 1.07 bits per heavy atom. The zero-order valence-electron chi connectivity index (χ0n) is 15.1. The van der Waals surface area contributed by atoms with Gasteiger partial charge in [0.15, 0.2) is 5.82 Å². The molecule has 0 saturated carbocycles. The molecule has 1 atom stereocenters. The molecule has 0 bridgehead atoms. The highest BCUT2D eigenvalue weighted by molar-refractivity contribution is 6.32. The minimum Gasteiger partial charge on any atom is -0.382 e. The lowest BCUT2D eigenvalue weighted by Crippen LogP contribution is -2.19. The Kier molecular flexibility index (Phi) is 5.22. The van der Waals surface area contributed by atoms with E-state index in [1.165, 1.54) is 5.19 Å². The van der Waals surface area contributed by atoms with E-state index in [1.54, 1.807) is 0 Å². The van der Waals surface area contributed by atoms with Crippen LogP contribution in [-0.2, 0) is 6.54 Å². The number of nitrogens with one attached hydrogen (secondary N) is 2. The zero-order valence-corrected chi connectivity index (χ0v) is 17.9. The number of aromatic nitrogens is 2. The van der Waals surface area contributed by atoms with Gasteiger partial charge in [0.05, 0.1) is 23.0 Å². The number of hydrogen-bond donors (Lipinski definition) is 2. The SMILES string of the molecule is [SiH3]c1cccc(Nc2nc3ccccc3nc2CNC2=CC=CC(Cl)C2)c1. The highest BCUT2D eigenvalue weighted by Gasteiger charge is 2.12. The molecule has 0 saturated heterocycles. The van der Waals surface area contributed by atoms with Crippen LogP contribution in [0.1, 0.15) is 12.1 Å². The minimum atomic E-state index is 0.0363. The topological polar surface area (TPSA) is 49.8 Å². The Balaban J connectivity index is 1.64. The highest BCUT2D eigenvalue weighted by atomic mass is 35.5. The van der Waals surface area contributed by atoms with Crippen LogP contribution in [0.25, 0.3) is 11.0 Å². The van der Waals surface area contributed by atoms with Crippen LogP contribution in [-0.4, -0.2) is 25.6 Å². The Bertz CT molecular complexity index is 1030. The van der Waals surface area contributed by atoms with Gasteiger partial charge in [0.2, 0.25) is 0 Å². The normalized spacial score (nSPS) is 16.3. The molecule has 0 amide bonds. The van der Waals surface area contributed by atoms with Crippen molar-refractivity contribution in [2.75, 3.05) is 5.32 Å². The smallest absolute Gasteiger partial charge is 0.154 e. The van der Waals surface area contributed by atoms with Gasteiger partial charge in [-0.25, -0.2) is 9.97 Å². The van der Waals surface area contributed by atoms with Crippen molar-refractivity contribution in [3.8, 4) is 0 Å². The molecule has 0 aliphatic heterocycles. The van der Waals surface area contributed by atoms with Crippen molar-refractivity contribution in [2.24, 2.45) is 0 Å². The fraction of sp³-hybridized carbons (Fsp3) is 0.143. The first-order valence-electron chi connectivity index (χ1n) is 9.02. The van der Waals surface area contributed by atoms with Crippen LogP contribution in [0, 0.1) is 0 Å². The molecule has 0 radical (unpaired) electrons. The maximum Gasteiger partial charge on any atom is 0.154 e. The third-order valence-corrected chi connectivity index (χ3v) is 5.36. The molecule has 0 fully saturated rings. The van der Waals surface area contributed by atoms with Crippen LogP contribution < -0.4 is 15.8 Å². The fourth-order valence-electron chi connectivity index (χ4n) is 3.09.